The number of urea groups is 2. The Morgan fingerprint density at radius 1 is 0.571 bits per heavy atom. The van der Waals surface area contributed by atoms with Gasteiger partial charge >= 0.3 is 12.1 Å². The average Bonchev–Trinajstić information content (AvgIpc) is 3.51. The van der Waals surface area contributed by atoms with Gasteiger partial charge in [-0.3, -0.25) is 20.2 Å². The summed E-state index contributed by atoms with van der Waals surface area (Å²) < 4.78 is 0. The molecular weight excluding hydrogens is 619 g/mol. The molecule has 4 aromatic rings. The first-order chi connectivity index (χ1) is 19.9. The lowest BCUT2D eigenvalue weighted by Crippen LogP contribution is -2.21. The van der Waals surface area contributed by atoms with E-state index >= 15 is 0 Å². The van der Waals surface area contributed by atoms with Crippen LogP contribution < -0.4 is 33.6 Å². The first-order valence-corrected chi connectivity index (χ1v) is 14.2. The average molecular weight is 644 g/mol. The summed E-state index contributed by atoms with van der Waals surface area (Å²) in [5.74, 6) is -1.25. The van der Waals surface area contributed by atoms with Crippen LogP contribution >= 0.6 is 45.9 Å². The molecule has 0 aliphatic heterocycles. The van der Waals surface area contributed by atoms with Crippen molar-refractivity contribution >= 4 is 104 Å². The van der Waals surface area contributed by atoms with Crippen LogP contribution in [0.5, 0.6) is 0 Å². The van der Waals surface area contributed by atoms with Gasteiger partial charge in [0, 0.05) is 19.8 Å². The van der Waals surface area contributed by atoms with Crippen molar-refractivity contribution < 1.29 is 19.2 Å². The van der Waals surface area contributed by atoms with Gasteiger partial charge < -0.3 is 22.9 Å². The molecule has 2 aromatic heterocycles. The lowest BCUT2D eigenvalue weighted by atomic mass is 10.2. The monoisotopic (exact) mass is 642 g/mol. The maximum atomic E-state index is 11.3. The number of nitrogens with one attached hydrogen (secondary N) is 2. The third kappa shape index (κ3) is 9.78. The third-order valence-electron chi connectivity index (χ3n) is 5.13. The summed E-state index contributed by atoms with van der Waals surface area (Å²) >= 11 is 14.0. The van der Waals surface area contributed by atoms with E-state index in [-0.39, 0.29) is 11.1 Å². The van der Waals surface area contributed by atoms with Gasteiger partial charge in [0.25, 0.3) is 11.8 Å². The molecular formula is C28H24Cl2N6O4S2. The summed E-state index contributed by atoms with van der Waals surface area (Å²) in [6.07, 6.45) is 7.35. The van der Waals surface area contributed by atoms with Crippen LogP contribution in [0.1, 0.15) is 41.6 Å². The van der Waals surface area contributed by atoms with Crippen LogP contribution in [0.2, 0.25) is 10.0 Å². The molecule has 42 heavy (non-hydrogen) atoms. The highest BCUT2D eigenvalue weighted by atomic mass is 35.5. The van der Waals surface area contributed by atoms with Gasteiger partial charge in [0.1, 0.15) is 10.0 Å². The highest BCUT2D eigenvalue weighted by Gasteiger charge is 2.15. The van der Waals surface area contributed by atoms with E-state index in [1.54, 1.807) is 36.4 Å². The highest BCUT2D eigenvalue weighted by molar-refractivity contribution is 7.18. The zero-order valence-corrected chi connectivity index (χ0v) is 24.7. The van der Waals surface area contributed by atoms with Gasteiger partial charge in [-0.1, -0.05) is 59.6 Å². The van der Waals surface area contributed by atoms with E-state index < -0.39 is 23.9 Å². The molecule has 0 radical (unpaired) electrons. The van der Waals surface area contributed by atoms with Gasteiger partial charge in [0.05, 0.1) is 11.1 Å². The molecule has 0 unspecified atom stereocenters. The van der Waals surface area contributed by atoms with E-state index in [4.69, 9.17) is 46.1 Å². The second-order valence-electron chi connectivity index (χ2n) is 8.26. The van der Waals surface area contributed by atoms with E-state index in [0.717, 1.165) is 20.9 Å². The number of carbonyl (C=O) groups excluding carboxylic acids is 4. The van der Waals surface area contributed by atoms with Gasteiger partial charge in [-0.2, -0.15) is 0 Å². The molecule has 0 saturated carbocycles. The van der Waals surface area contributed by atoms with Crippen LogP contribution in [0.4, 0.5) is 19.6 Å². The van der Waals surface area contributed by atoms with Gasteiger partial charge in [-0.25, -0.2) is 9.59 Å². The minimum absolute atomic E-state index is 0.231. The molecule has 0 saturated heterocycles. The van der Waals surface area contributed by atoms with Crippen molar-refractivity contribution in [2.75, 3.05) is 10.6 Å². The third-order valence-corrected chi connectivity index (χ3v) is 7.66. The predicted octanol–water partition coefficient (Wildman–Crippen LogP) is 6.32. The zero-order valence-electron chi connectivity index (χ0n) is 21.6. The Balaban J connectivity index is 0.000000230. The minimum atomic E-state index is -0.743. The van der Waals surface area contributed by atoms with Crippen LogP contribution in [-0.2, 0) is 0 Å². The molecule has 0 fully saturated rings. The topological polar surface area (TPSA) is 196 Å². The van der Waals surface area contributed by atoms with Crippen molar-refractivity contribution in [3.8, 4) is 0 Å². The molecule has 0 atom stereocenters. The Morgan fingerprint density at radius 2 is 0.905 bits per heavy atom. The number of carbonyl (C=O) groups is 4. The number of rotatable bonds is 8. The lowest BCUT2D eigenvalue weighted by Gasteiger charge is -1.98. The molecule has 14 heteroatoms. The van der Waals surface area contributed by atoms with Gasteiger partial charge in [0.15, 0.2) is 0 Å². The molecule has 0 spiro atoms. The molecule has 6 amide bonds. The van der Waals surface area contributed by atoms with E-state index in [9.17, 15) is 19.2 Å². The summed E-state index contributed by atoms with van der Waals surface area (Å²) in [5, 5.41) is 6.77. The summed E-state index contributed by atoms with van der Waals surface area (Å²) in [6.45, 7) is 0. The quantitative estimate of drug-likeness (QED) is 0.131. The Kier molecular flexibility index (Phi) is 11.3. The normalized spacial score (nSPS) is 10.7. The SMILES string of the molecule is NC(=O)Nc1sc(/C=C/c2ccc(Cl)cc2)cc1C(N)=O.NC(=O)Nc1sc(/C=C/c2ccc(Cl)cc2)cc1C(N)=O. The minimum Gasteiger partial charge on any atom is -0.366 e. The fourth-order valence-corrected chi connectivity index (χ4v) is 5.46. The van der Waals surface area contributed by atoms with Crippen molar-refractivity contribution in [3.63, 3.8) is 0 Å². The van der Waals surface area contributed by atoms with Crippen molar-refractivity contribution in [3.05, 3.63) is 103 Å². The number of thiophene rings is 2. The Bertz CT molecular complexity index is 1540. The van der Waals surface area contributed by atoms with E-state index in [2.05, 4.69) is 10.6 Å². The summed E-state index contributed by atoms with van der Waals surface area (Å²) in [4.78, 5) is 46.0. The van der Waals surface area contributed by atoms with Crippen molar-refractivity contribution in [1.29, 1.82) is 0 Å². The number of benzene rings is 2. The van der Waals surface area contributed by atoms with Gasteiger partial charge in [-0.15, -0.1) is 22.7 Å². The molecule has 10 N–H and O–H groups in total. The maximum Gasteiger partial charge on any atom is 0.317 e. The molecule has 216 valence electrons. The van der Waals surface area contributed by atoms with Crippen LogP contribution in [0.25, 0.3) is 24.3 Å². The zero-order chi connectivity index (χ0) is 30.8. The second kappa shape index (κ2) is 14.8. The maximum absolute atomic E-state index is 11.3. The standard InChI is InChI=1S/2C14H12ClN3O2S/c2*15-9-4-1-8(2-5-9)3-6-10-7-11(12(16)19)13(21-10)18-14(17)20/h2*1-7H,(H2,16,19)(H3,17,18,20)/b2*6-3+. The number of hydrogen-bond donors (Lipinski definition) is 6. The van der Waals surface area contributed by atoms with Crippen LogP contribution in [0.15, 0.2) is 60.7 Å². The molecule has 0 aliphatic rings. The first-order valence-electron chi connectivity index (χ1n) is 11.8. The second-order valence-corrected chi connectivity index (χ2v) is 11.3. The van der Waals surface area contributed by atoms with Gasteiger partial charge in [0.2, 0.25) is 0 Å². The van der Waals surface area contributed by atoms with Crippen molar-refractivity contribution in [2.45, 2.75) is 0 Å². The number of hydrogen-bond acceptors (Lipinski definition) is 6. The Labute approximate surface area is 258 Å². The molecule has 0 bridgehead atoms. The summed E-state index contributed by atoms with van der Waals surface area (Å²) in [7, 11) is 0. The summed E-state index contributed by atoms with van der Waals surface area (Å²) in [6, 6.07) is 16.3. The van der Waals surface area contributed by atoms with E-state index in [1.807, 2.05) is 48.6 Å². The van der Waals surface area contributed by atoms with Crippen LogP contribution in [0, 0.1) is 0 Å². The van der Waals surface area contributed by atoms with E-state index in [0.29, 0.717) is 20.0 Å². The Morgan fingerprint density at radius 3 is 1.19 bits per heavy atom. The number of halogens is 2. The lowest BCUT2D eigenvalue weighted by molar-refractivity contribution is 0.0993. The fourth-order valence-electron chi connectivity index (χ4n) is 3.26. The Hall–Kier alpha value is -4.62. The highest BCUT2D eigenvalue weighted by Crippen LogP contribution is 2.30. The number of nitrogens with two attached hydrogens (primary N) is 4. The number of amides is 6. The number of primary amides is 4. The smallest absolute Gasteiger partial charge is 0.317 e. The first kappa shape index (κ1) is 31.9. The summed E-state index contributed by atoms with van der Waals surface area (Å²) in [5.41, 5.74) is 23.0. The number of anilines is 2. The predicted molar refractivity (Wildman–Crippen MR) is 173 cm³/mol. The van der Waals surface area contributed by atoms with Gasteiger partial charge in [-0.05, 0) is 59.7 Å². The molecule has 2 aromatic carbocycles. The molecule has 0 aliphatic carbocycles. The largest absolute Gasteiger partial charge is 0.366 e. The van der Waals surface area contributed by atoms with Crippen LogP contribution in [0.3, 0.4) is 0 Å². The van der Waals surface area contributed by atoms with Crippen molar-refractivity contribution in [1.82, 2.24) is 0 Å². The molecule has 2 heterocycles. The molecule has 4 rings (SSSR count). The van der Waals surface area contributed by atoms with Crippen molar-refractivity contribution in [2.24, 2.45) is 22.9 Å². The van der Waals surface area contributed by atoms with E-state index in [1.165, 1.54) is 22.7 Å². The van der Waals surface area contributed by atoms with Crippen LogP contribution in [-0.4, -0.2) is 23.9 Å². The molecule has 10 nitrogen and oxygen atoms in total. The fraction of sp³-hybridized carbons (Fsp3) is 0.